The van der Waals surface area contributed by atoms with E-state index in [-0.39, 0.29) is 11.8 Å². The number of nitrogens with two attached hydrogens (primary N) is 1. The van der Waals surface area contributed by atoms with Crippen LogP contribution in [0.4, 0.5) is 5.69 Å². The van der Waals surface area contributed by atoms with E-state index in [0.717, 1.165) is 17.7 Å². The van der Waals surface area contributed by atoms with Crippen molar-refractivity contribution >= 4 is 11.6 Å². The van der Waals surface area contributed by atoms with Gasteiger partial charge in [0.05, 0.1) is 12.8 Å². The first-order valence-corrected chi connectivity index (χ1v) is 7.10. The predicted molar refractivity (Wildman–Crippen MR) is 83.0 cm³/mol. The standard InChI is InChI=1S/C16H26N2O2/c1-11(2)7-13(10-17)9-16(19)18-14-8-12(3)5-6-15(14)20-4/h5-6,8,11,13H,7,9-10,17H2,1-4H3,(H,18,19)/t13-/m0/s1. The van der Waals surface area contributed by atoms with E-state index in [1.807, 2.05) is 25.1 Å². The molecule has 0 aliphatic heterocycles. The third-order valence-corrected chi connectivity index (χ3v) is 3.24. The summed E-state index contributed by atoms with van der Waals surface area (Å²) in [6.07, 6.45) is 1.42. The van der Waals surface area contributed by atoms with Crippen molar-refractivity contribution in [1.29, 1.82) is 0 Å². The Kier molecular flexibility index (Phi) is 6.52. The van der Waals surface area contributed by atoms with Crippen molar-refractivity contribution < 1.29 is 9.53 Å². The third-order valence-electron chi connectivity index (χ3n) is 3.24. The zero-order chi connectivity index (χ0) is 15.1. The summed E-state index contributed by atoms with van der Waals surface area (Å²) in [5.74, 6) is 1.44. The molecule has 1 rings (SSSR count). The Labute approximate surface area is 121 Å². The van der Waals surface area contributed by atoms with Crippen molar-refractivity contribution in [3.8, 4) is 5.75 Å². The number of amides is 1. The lowest BCUT2D eigenvalue weighted by molar-refractivity contribution is -0.117. The van der Waals surface area contributed by atoms with E-state index >= 15 is 0 Å². The number of carbonyl (C=O) groups is 1. The number of benzene rings is 1. The molecule has 20 heavy (non-hydrogen) atoms. The Hall–Kier alpha value is -1.55. The fourth-order valence-corrected chi connectivity index (χ4v) is 2.31. The molecule has 0 saturated heterocycles. The summed E-state index contributed by atoms with van der Waals surface area (Å²) >= 11 is 0. The van der Waals surface area contributed by atoms with Crippen LogP contribution in [0, 0.1) is 18.8 Å². The van der Waals surface area contributed by atoms with Crippen molar-refractivity contribution in [3.63, 3.8) is 0 Å². The van der Waals surface area contributed by atoms with Gasteiger partial charge in [0.15, 0.2) is 0 Å². The molecule has 1 aromatic rings. The van der Waals surface area contributed by atoms with Crippen LogP contribution in [-0.4, -0.2) is 19.6 Å². The van der Waals surface area contributed by atoms with Crippen LogP contribution in [0.15, 0.2) is 18.2 Å². The van der Waals surface area contributed by atoms with E-state index in [2.05, 4.69) is 19.2 Å². The molecule has 0 saturated carbocycles. The summed E-state index contributed by atoms with van der Waals surface area (Å²) in [5, 5.41) is 2.92. The molecule has 0 spiro atoms. The molecule has 112 valence electrons. The van der Waals surface area contributed by atoms with Gasteiger partial charge < -0.3 is 15.8 Å². The minimum absolute atomic E-state index is 0.00926. The van der Waals surface area contributed by atoms with Crippen LogP contribution < -0.4 is 15.8 Å². The number of hydrogen-bond donors (Lipinski definition) is 2. The lowest BCUT2D eigenvalue weighted by Crippen LogP contribution is -2.23. The summed E-state index contributed by atoms with van der Waals surface area (Å²) < 4.78 is 5.26. The summed E-state index contributed by atoms with van der Waals surface area (Å²) in [5.41, 5.74) is 7.54. The first-order valence-electron chi connectivity index (χ1n) is 7.10. The van der Waals surface area contributed by atoms with Crippen LogP contribution in [0.2, 0.25) is 0 Å². The van der Waals surface area contributed by atoms with Gasteiger partial charge in [-0.3, -0.25) is 4.79 Å². The highest BCUT2D eigenvalue weighted by Crippen LogP contribution is 2.26. The van der Waals surface area contributed by atoms with Gasteiger partial charge in [-0.2, -0.15) is 0 Å². The van der Waals surface area contributed by atoms with Gasteiger partial charge in [0.2, 0.25) is 5.91 Å². The van der Waals surface area contributed by atoms with Crippen molar-refractivity contribution in [1.82, 2.24) is 0 Å². The Bertz CT molecular complexity index is 444. The quantitative estimate of drug-likeness (QED) is 0.806. The number of ether oxygens (including phenoxy) is 1. The normalized spacial score (nSPS) is 12.3. The van der Waals surface area contributed by atoms with Crippen molar-refractivity contribution in [2.24, 2.45) is 17.6 Å². The largest absolute Gasteiger partial charge is 0.495 e. The fraction of sp³-hybridized carbons (Fsp3) is 0.562. The maximum Gasteiger partial charge on any atom is 0.224 e. The van der Waals surface area contributed by atoms with Crippen molar-refractivity contribution in [2.75, 3.05) is 19.0 Å². The summed E-state index contributed by atoms with van der Waals surface area (Å²) in [6.45, 7) is 6.81. The maximum atomic E-state index is 12.1. The highest BCUT2D eigenvalue weighted by molar-refractivity contribution is 5.92. The molecule has 0 aliphatic carbocycles. The number of nitrogens with one attached hydrogen (secondary N) is 1. The molecule has 1 amide bonds. The number of aryl methyl sites for hydroxylation is 1. The first kappa shape index (κ1) is 16.5. The van der Waals surface area contributed by atoms with E-state index < -0.39 is 0 Å². The molecule has 3 N–H and O–H groups in total. The molecule has 0 unspecified atom stereocenters. The van der Waals surface area contributed by atoms with Gasteiger partial charge >= 0.3 is 0 Å². The van der Waals surface area contributed by atoms with E-state index in [9.17, 15) is 4.79 Å². The average Bonchev–Trinajstić information content (AvgIpc) is 2.37. The molecular formula is C16H26N2O2. The zero-order valence-corrected chi connectivity index (χ0v) is 12.9. The first-order chi connectivity index (χ1) is 9.46. The highest BCUT2D eigenvalue weighted by atomic mass is 16.5. The Morgan fingerprint density at radius 3 is 2.65 bits per heavy atom. The molecular weight excluding hydrogens is 252 g/mol. The van der Waals surface area contributed by atoms with Crippen LogP contribution in [0.5, 0.6) is 5.75 Å². The Morgan fingerprint density at radius 2 is 2.10 bits per heavy atom. The minimum Gasteiger partial charge on any atom is -0.495 e. The van der Waals surface area contributed by atoms with Crippen LogP contribution in [0.1, 0.15) is 32.3 Å². The van der Waals surface area contributed by atoms with Gasteiger partial charge in [-0.1, -0.05) is 19.9 Å². The summed E-state index contributed by atoms with van der Waals surface area (Å²) in [7, 11) is 1.60. The SMILES string of the molecule is COc1ccc(C)cc1NC(=O)C[C@@H](CN)CC(C)C. The minimum atomic E-state index is -0.00926. The monoisotopic (exact) mass is 278 g/mol. The van der Waals surface area contributed by atoms with Gasteiger partial charge in [-0.15, -0.1) is 0 Å². The molecule has 0 aliphatic rings. The molecule has 4 heteroatoms. The smallest absolute Gasteiger partial charge is 0.224 e. The van der Waals surface area contributed by atoms with Crippen LogP contribution in [-0.2, 0) is 4.79 Å². The molecule has 1 atom stereocenters. The lowest BCUT2D eigenvalue weighted by Gasteiger charge is -2.17. The summed E-state index contributed by atoms with van der Waals surface area (Å²) in [6, 6.07) is 5.73. The zero-order valence-electron chi connectivity index (χ0n) is 12.9. The molecule has 0 fully saturated rings. The second kappa shape index (κ2) is 7.90. The molecule has 0 heterocycles. The van der Waals surface area contributed by atoms with Gasteiger partial charge in [0, 0.05) is 6.42 Å². The lowest BCUT2D eigenvalue weighted by atomic mass is 9.94. The maximum absolute atomic E-state index is 12.1. The second-order valence-corrected chi connectivity index (χ2v) is 5.69. The molecule has 0 bridgehead atoms. The van der Waals surface area contributed by atoms with Crippen LogP contribution in [0.25, 0.3) is 0 Å². The highest BCUT2D eigenvalue weighted by Gasteiger charge is 2.15. The van der Waals surface area contributed by atoms with Gasteiger partial charge in [-0.05, 0) is 49.4 Å². The topological polar surface area (TPSA) is 64.3 Å². The molecule has 4 nitrogen and oxygen atoms in total. The van der Waals surface area contributed by atoms with Crippen LogP contribution in [0.3, 0.4) is 0 Å². The van der Waals surface area contributed by atoms with Gasteiger partial charge in [0.1, 0.15) is 5.75 Å². The molecule has 0 aromatic heterocycles. The van der Waals surface area contributed by atoms with Crippen molar-refractivity contribution in [2.45, 2.75) is 33.6 Å². The van der Waals surface area contributed by atoms with Crippen LogP contribution >= 0.6 is 0 Å². The van der Waals surface area contributed by atoms with E-state index in [4.69, 9.17) is 10.5 Å². The van der Waals surface area contributed by atoms with Gasteiger partial charge in [0.25, 0.3) is 0 Å². The average molecular weight is 278 g/mol. The Balaban J connectivity index is 2.68. The third kappa shape index (κ3) is 5.21. The number of hydrogen-bond acceptors (Lipinski definition) is 3. The number of carbonyl (C=O) groups excluding carboxylic acids is 1. The Morgan fingerprint density at radius 1 is 1.40 bits per heavy atom. The van der Waals surface area contributed by atoms with E-state index in [1.165, 1.54) is 0 Å². The predicted octanol–water partition coefficient (Wildman–Crippen LogP) is 2.95. The fourth-order valence-electron chi connectivity index (χ4n) is 2.31. The van der Waals surface area contributed by atoms with Crippen molar-refractivity contribution in [3.05, 3.63) is 23.8 Å². The second-order valence-electron chi connectivity index (χ2n) is 5.69. The number of rotatable bonds is 7. The van der Waals surface area contributed by atoms with E-state index in [0.29, 0.717) is 24.6 Å². The number of methoxy groups -OCH3 is 1. The number of anilines is 1. The van der Waals surface area contributed by atoms with Gasteiger partial charge in [-0.25, -0.2) is 0 Å². The van der Waals surface area contributed by atoms with E-state index in [1.54, 1.807) is 7.11 Å². The molecule has 1 aromatic carbocycles. The molecule has 0 radical (unpaired) electrons. The summed E-state index contributed by atoms with van der Waals surface area (Å²) in [4.78, 5) is 12.1.